The van der Waals surface area contributed by atoms with E-state index in [4.69, 9.17) is 4.52 Å². The van der Waals surface area contributed by atoms with Crippen LogP contribution in [0.2, 0.25) is 0 Å². The van der Waals surface area contributed by atoms with Gasteiger partial charge in [0.15, 0.2) is 0 Å². The Kier molecular flexibility index (Phi) is 2.31. The average Bonchev–Trinajstić information content (AvgIpc) is 2.67. The van der Waals surface area contributed by atoms with Gasteiger partial charge in [0, 0.05) is 11.0 Å². The molecule has 0 amide bonds. The first-order chi connectivity index (χ1) is 7.07. The number of nitrogens with zero attached hydrogens (tertiary/aromatic N) is 2. The molecular formula is C12H13N2O. The van der Waals surface area contributed by atoms with Gasteiger partial charge < -0.3 is 4.52 Å². The molecule has 15 heavy (non-hydrogen) atoms. The number of benzene rings is 1. The van der Waals surface area contributed by atoms with Crippen molar-refractivity contribution in [3.05, 3.63) is 36.2 Å². The molecule has 0 spiro atoms. The van der Waals surface area contributed by atoms with E-state index in [1.807, 2.05) is 45.0 Å². The second-order valence-corrected chi connectivity index (χ2v) is 4.46. The predicted octanol–water partition coefficient (Wildman–Crippen LogP) is 2.83. The molecule has 0 saturated carbocycles. The minimum atomic E-state index is -0.105. The number of hydrogen-bond acceptors (Lipinski definition) is 3. The minimum absolute atomic E-state index is 0.105. The molecule has 1 heterocycles. The third kappa shape index (κ3) is 2.06. The van der Waals surface area contributed by atoms with E-state index in [1.165, 1.54) is 0 Å². The first-order valence-corrected chi connectivity index (χ1v) is 4.88. The molecule has 1 radical (unpaired) electrons. The first-order valence-electron chi connectivity index (χ1n) is 4.88. The summed E-state index contributed by atoms with van der Waals surface area (Å²) in [5, 5.41) is 3.95. The highest BCUT2D eigenvalue weighted by atomic mass is 16.5. The summed E-state index contributed by atoms with van der Waals surface area (Å²) < 4.78 is 5.21. The van der Waals surface area contributed by atoms with Crippen LogP contribution < -0.4 is 0 Å². The van der Waals surface area contributed by atoms with Crippen LogP contribution in [0.4, 0.5) is 0 Å². The molecule has 0 aliphatic rings. The fourth-order valence-corrected chi connectivity index (χ4v) is 1.18. The summed E-state index contributed by atoms with van der Waals surface area (Å²) in [5.74, 6) is 1.29. The van der Waals surface area contributed by atoms with Gasteiger partial charge in [-0.2, -0.15) is 4.98 Å². The second-order valence-electron chi connectivity index (χ2n) is 4.46. The smallest absolute Gasteiger partial charge is 0.232 e. The van der Waals surface area contributed by atoms with Gasteiger partial charge in [0.05, 0.1) is 0 Å². The number of rotatable bonds is 1. The topological polar surface area (TPSA) is 38.9 Å². The van der Waals surface area contributed by atoms with E-state index in [0.717, 1.165) is 5.56 Å². The van der Waals surface area contributed by atoms with Crippen molar-refractivity contribution in [2.75, 3.05) is 0 Å². The van der Waals surface area contributed by atoms with Crippen LogP contribution in [0.15, 0.2) is 28.8 Å². The number of hydrogen-bond donors (Lipinski definition) is 0. The lowest BCUT2D eigenvalue weighted by atomic mass is 9.97. The van der Waals surface area contributed by atoms with Gasteiger partial charge in [0.2, 0.25) is 11.7 Å². The molecule has 2 rings (SSSR count). The third-order valence-corrected chi connectivity index (χ3v) is 2.04. The van der Waals surface area contributed by atoms with Crippen molar-refractivity contribution < 1.29 is 4.52 Å². The molecular weight excluding hydrogens is 188 g/mol. The van der Waals surface area contributed by atoms with E-state index >= 15 is 0 Å². The summed E-state index contributed by atoms with van der Waals surface area (Å²) in [4.78, 5) is 4.36. The molecule has 0 aliphatic carbocycles. The summed E-state index contributed by atoms with van der Waals surface area (Å²) >= 11 is 0. The van der Waals surface area contributed by atoms with E-state index < -0.39 is 0 Å². The van der Waals surface area contributed by atoms with Crippen LogP contribution >= 0.6 is 0 Å². The van der Waals surface area contributed by atoms with Crippen LogP contribution in [-0.2, 0) is 5.41 Å². The number of aromatic nitrogens is 2. The molecule has 0 fully saturated rings. The molecule has 0 aliphatic heterocycles. The lowest BCUT2D eigenvalue weighted by molar-refractivity contribution is 0.321. The SMILES string of the molecule is CC(C)(C)c1nc(-c2cc[c]cc2)no1. The molecule has 0 saturated heterocycles. The summed E-state index contributed by atoms with van der Waals surface area (Å²) in [7, 11) is 0. The maximum atomic E-state index is 5.21. The van der Waals surface area contributed by atoms with Gasteiger partial charge in [-0.1, -0.05) is 50.2 Å². The average molecular weight is 201 g/mol. The third-order valence-electron chi connectivity index (χ3n) is 2.04. The van der Waals surface area contributed by atoms with Gasteiger partial charge in [-0.25, -0.2) is 0 Å². The Morgan fingerprint density at radius 3 is 2.40 bits per heavy atom. The van der Waals surface area contributed by atoms with Gasteiger partial charge in [-0.15, -0.1) is 0 Å². The Morgan fingerprint density at radius 2 is 1.87 bits per heavy atom. The molecule has 1 aromatic carbocycles. The van der Waals surface area contributed by atoms with Crippen molar-refractivity contribution in [1.29, 1.82) is 0 Å². The normalized spacial score (nSPS) is 11.7. The molecule has 2 aromatic rings. The Labute approximate surface area is 89.1 Å². The molecule has 0 atom stereocenters. The zero-order valence-electron chi connectivity index (χ0n) is 9.11. The highest BCUT2D eigenvalue weighted by molar-refractivity contribution is 5.53. The van der Waals surface area contributed by atoms with Crippen molar-refractivity contribution in [2.45, 2.75) is 26.2 Å². The Hall–Kier alpha value is -1.64. The molecule has 0 bridgehead atoms. The van der Waals surface area contributed by atoms with Crippen molar-refractivity contribution in [3.63, 3.8) is 0 Å². The fourth-order valence-electron chi connectivity index (χ4n) is 1.18. The zero-order chi connectivity index (χ0) is 10.9. The van der Waals surface area contributed by atoms with E-state index in [1.54, 1.807) is 0 Å². The first kappa shape index (κ1) is 9.90. The summed E-state index contributed by atoms with van der Waals surface area (Å²) in [6.45, 7) is 6.13. The maximum Gasteiger partial charge on any atom is 0.232 e. The van der Waals surface area contributed by atoms with Crippen LogP contribution in [0.5, 0.6) is 0 Å². The quantitative estimate of drug-likeness (QED) is 0.712. The largest absolute Gasteiger partial charge is 0.338 e. The van der Waals surface area contributed by atoms with Crippen molar-refractivity contribution in [3.8, 4) is 11.4 Å². The predicted molar refractivity (Wildman–Crippen MR) is 57.3 cm³/mol. The van der Waals surface area contributed by atoms with Crippen LogP contribution in [0.25, 0.3) is 11.4 Å². The highest BCUT2D eigenvalue weighted by Crippen LogP contribution is 2.23. The minimum Gasteiger partial charge on any atom is -0.338 e. The molecule has 3 nitrogen and oxygen atoms in total. The second kappa shape index (κ2) is 3.50. The molecule has 0 N–H and O–H groups in total. The van der Waals surface area contributed by atoms with Crippen molar-refractivity contribution in [2.24, 2.45) is 0 Å². The van der Waals surface area contributed by atoms with Gasteiger partial charge in [-0.05, 0) is 6.07 Å². The van der Waals surface area contributed by atoms with Crippen LogP contribution in [0.1, 0.15) is 26.7 Å². The molecule has 3 heteroatoms. The maximum absolute atomic E-state index is 5.21. The van der Waals surface area contributed by atoms with Crippen molar-refractivity contribution in [1.82, 2.24) is 10.1 Å². The van der Waals surface area contributed by atoms with E-state index in [0.29, 0.717) is 11.7 Å². The molecule has 77 valence electrons. The lowest BCUT2D eigenvalue weighted by Gasteiger charge is -2.10. The summed E-state index contributed by atoms with van der Waals surface area (Å²) in [5.41, 5.74) is 0.847. The van der Waals surface area contributed by atoms with Crippen LogP contribution in [0, 0.1) is 6.07 Å². The monoisotopic (exact) mass is 201 g/mol. The van der Waals surface area contributed by atoms with Gasteiger partial charge >= 0.3 is 0 Å². The Morgan fingerprint density at radius 1 is 1.20 bits per heavy atom. The van der Waals surface area contributed by atoms with Crippen LogP contribution in [0.3, 0.4) is 0 Å². The van der Waals surface area contributed by atoms with Crippen LogP contribution in [-0.4, -0.2) is 10.1 Å². The molecule has 1 aromatic heterocycles. The van der Waals surface area contributed by atoms with E-state index in [9.17, 15) is 0 Å². The van der Waals surface area contributed by atoms with E-state index in [-0.39, 0.29) is 5.41 Å². The summed E-state index contributed by atoms with van der Waals surface area (Å²) in [6.07, 6.45) is 0. The Balaban J connectivity index is 2.37. The fraction of sp³-hybridized carbons (Fsp3) is 0.333. The van der Waals surface area contributed by atoms with Gasteiger partial charge in [-0.3, -0.25) is 0 Å². The lowest BCUT2D eigenvalue weighted by Crippen LogP contribution is -2.11. The summed E-state index contributed by atoms with van der Waals surface area (Å²) in [6, 6.07) is 10.5. The van der Waals surface area contributed by atoms with Crippen molar-refractivity contribution >= 4 is 0 Å². The zero-order valence-corrected chi connectivity index (χ0v) is 9.11. The Bertz CT molecular complexity index is 440. The standard InChI is InChI=1S/C12H13N2O/c1-12(2,3)11-13-10(14-15-11)9-7-5-4-6-8-9/h5-8H,1-3H3. The van der Waals surface area contributed by atoms with Gasteiger partial charge in [0.1, 0.15) is 0 Å². The molecule has 0 unspecified atom stereocenters. The van der Waals surface area contributed by atoms with E-state index in [2.05, 4.69) is 16.2 Å². The highest BCUT2D eigenvalue weighted by Gasteiger charge is 2.21. The van der Waals surface area contributed by atoms with Gasteiger partial charge in [0.25, 0.3) is 0 Å².